The molecule has 0 spiro atoms. The molecule has 0 amide bonds. The number of nitrogens with zero attached hydrogens (tertiary/aromatic N) is 7. The van der Waals surface area contributed by atoms with Crippen molar-refractivity contribution in [3.05, 3.63) is 52.6 Å². The van der Waals surface area contributed by atoms with Crippen molar-refractivity contribution in [3.63, 3.8) is 0 Å². The lowest BCUT2D eigenvalue weighted by atomic mass is 10.00. The first-order chi connectivity index (χ1) is 20.8. The molecule has 3 aliphatic heterocycles. The van der Waals surface area contributed by atoms with Crippen molar-refractivity contribution in [1.29, 1.82) is 5.26 Å². The van der Waals surface area contributed by atoms with Gasteiger partial charge in [0.25, 0.3) is 0 Å². The van der Waals surface area contributed by atoms with E-state index in [0.29, 0.717) is 18.7 Å². The van der Waals surface area contributed by atoms with Gasteiger partial charge < -0.3 is 9.88 Å². The van der Waals surface area contributed by atoms with E-state index >= 15 is 0 Å². The Morgan fingerprint density at radius 1 is 1.02 bits per heavy atom. The minimum Gasteiger partial charge on any atom is -0.367 e. The molecule has 0 atom stereocenters. The molecule has 0 aliphatic carbocycles. The van der Waals surface area contributed by atoms with Crippen LogP contribution < -0.4 is 5.32 Å². The summed E-state index contributed by atoms with van der Waals surface area (Å²) < 4.78 is 40.8. The average Bonchev–Trinajstić information content (AvgIpc) is 3.36. The number of hydrogen-bond donors (Lipinski definition) is 1. The Bertz CT molecular complexity index is 1470. The van der Waals surface area contributed by atoms with Crippen LogP contribution >= 0.6 is 11.8 Å². The minimum absolute atomic E-state index is 0.200. The molecule has 43 heavy (non-hydrogen) atoms. The maximum absolute atomic E-state index is 12.9. The molecule has 2 saturated heterocycles. The highest BCUT2D eigenvalue weighted by Gasteiger charge is 2.33. The fourth-order valence-electron chi connectivity index (χ4n) is 6.68. The molecule has 2 fully saturated rings. The first kappa shape index (κ1) is 30.2. The fraction of sp³-hybridized carbons (Fsp3) is 0.581. The van der Waals surface area contributed by atoms with Gasteiger partial charge in [-0.1, -0.05) is 6.07 Å². The standard InChI is InChI=1S/C31H39F3N8S/c1-22-23(2-3-29-27(22)16-25(17-35)42(29)11-10-39-12-14-43-15-13-39)18-40-7-4-24(5-8-40)38-30-26-6-9-41(20-31(32,33)34)19-28(26)36-21-37-30/h2-3,16,21,24H,4-15,18-20H2,1H3,(H,36,37,38). The van der Waals surface area contributed by atoms with Crippen LogP contribution in [0.5, 0.6) is 0 Å². The van der Waals surface area contributed by atoms with Crippen LogP contribution in [-0.2, 0) is 26.1 Å². The van der Waals surface area contributed by atoms with Gasteiger partial charge in [-0.05, 0) is 49.4 Å². The van der Waals surface area contributed by atoms with Crippen molar-refractivity contribution >= 4 is 28.5 Å². The van der Waals surface area contributed by atoms with Crippen LogP contribution in [0.25, 0.3) is 10.9 Å². The number of nitrogens with one attached hydrogen (secondary N) is 1. The number of benzene rings is 1. The summed E-state index contributed by atoms with van der Waals surface area (Å²) in [6.07, 6.45) is -0.305. The van der Waals surface area contributed by atoms with Crippen molar-refractivity contribution in [2.75, 3.05) is 62.6 Å². The van der Waals surface area contributed by atoms with Crippen LogP contribution in [-0.4, -0.2) is 98.8 Å². The van der Waals surface area contributed by atoms with Crippen molar-refractivity contribution in [2.24, 2.45) is 0 Å². The number of alkyl halides is 3. The van der Waals surface area contributed by atoms with Gasteiger partial charge in [0.2, 0.25) is 0 Å². The topological polar surface area (TPSA) is 76.2 Å². The highest BCUT2D eigenvalue weighted by Crippen LogP contribution is 2.29. The molecule has 0 radical (unpaired) electrons. The summed E-state index contributed by atoms with van der Waals surface area (Å²) in [6, 6.07) is 9.16. The molecule has 0 unspecified atom stereocenters. The molecule has 2 aromatic heterocycles. The molecule has 0 saturated carbocycles. The second kappa shape index (κ2) is 13.0. The normalized spacial score (nSPS) is 19.4. The summed E-state index contributed by atoms with van der Waals surface area (Å²) in [5.74, 6) is 3.14. The van der Waals surface area contributed by atoms with Gasteiger partial charge in [-0.25, -0.2) is 9.97 Å². The first-order valence-electron chi connectivity index (χ1n) is 15.2. The Balaban J connectivity index is 1.06. The lowest BCUT2D eigenvalue weighted by Gasteiger charge is -2.34. The van der Waals surface area contributed by atoms with E-state index in [1.165, 1.54) is 39.2 Å². The quantitative estimate of drug-likeness (QED) is 0.394. The third-order valence-corrected chi connectivity index (χ3v) is 10.1. The molecule has 1 N–H and O–H groups in total. The number of piperidine rings is 1. The Morgan fingerprint density at radius 2 is 1.81 bits per heavy atom. The highest BCUT2D eigenvalue weighted by atomic mass is 32.2. The van der Waals surface area contributed by atoms with Gasteiger partial charge in [0.15, 0.2) is 0 Å². The van der Waals surface area contributed by atoms with E-state index in [2.05, 4.69) is 60.8 Å². The smallest absolute Gasteiger partial charge is 0.367 e. The first-order valence-corrected chi connectivity index (χ1v) is 16.4. The lowest BCUT2D eigenvalue weighted by Crippen LogP contribution is -2.40. The monoisotopic (exact) mass is 612 g/mol. The second-order valence-electron chi connectivity index (χ2n) is 11.9. The van der Waals surface area contributed by atoms with Crippen LogP contribution in [0.15, 0.2) is 24.5 Å². The van der Waals surface area contributed by atoms with Crippen LogP contribution in [0, 0.1) is 18.3 Å². The third kappa shape index (κ3) is 7.11. The predicted molar refractivity (Wildman–Crippen MR) is 164 cm³/mol. The number of anilines is 1. The van der Waals surface area contributed by atoms with Crippen LogP contribution in [0.3, 0.4) is 0 Å². The molecule has 1 aromatic carbocycles. The number of hydrogen-bond acceptors (Lipinski definition) is 8. The average molecular weight is 613 g/mol. The van der Waals surface area contributed by atoms with Gasteiger partial charge in [0.1, 0.15) is 23.9 Å². The van der Waals surface area contributed by atoms with Crippen LogP contribution in [0.1, 0.15) is 40.9 Å². The summed E-state index contributed by atoms with van der Waals surface area (Å²) in [5, 5.41) is 14.6. The number of rotatable bonds is 8. The van der Waals surface area contributed by atoms with Crippen molar-refractivity contribution in [3.8, 4) is 6.07 Å². The number of aromatic nitrogens is 3. The maximum Gasteiger partial charge on any atom is 0.401 e. The number of aryl methyl sites for hydroxylation is 1. The van der Waals surface area contributed by atoms with Crippen molar-refractivity contribution in [1.82, 2.24) is 29.2 Å². The minimum atomic E-state index is -4.21. The molecule has 5 heterocycles. The fourth-order valence-corrected chi connectivity index (χ4v) is 7.66. The molecule has 6 rings (SSSR count). The molecule has 12 heteroatoms. The highest BCUT2D eigenvalue weighted by molar-refractivity contribution is 7.99. The van der Waals surface area contributed by atoms with Crippen molar-refractivity contribution < 1.29 is 13.2 Å². The summed E-state index contributed by atoms with van der Waals surface area (Å²) in [4.78, 5) is 15.1. The largest absolute Gasteiger partial charge is 0.401 e. The van der Waals surface area contributed by atoms with Gasteiger partial charge in [0, 0.05) is 92.9 Å². The van der Waals surface area contributed by atoms with E-state index in [9.17, 15) is 18.4 Å². The maximum atomic E-state index is 12.9. The van der Waals surface area contributed by atoms with Gasteiger partial charge in [0.05, 0.1) is 12.2 Å². The number of fused-ring (bicyclic) bond motifs is 2. The lowest BCUT2D eigenvalue weighted by molar-refractivity contribution is -0.147. The van der Waals surface area contributed by atoms with Crippen LogP contribution in [0.4, 0.5) is 19.0 Å². The predicted octanol–water partition coefficient (Wildman–Crippen LogP) is 4.66. The van der Waals surface area contributed by atoms with E-state index in [1.54, 1.807) is 0 Å². The Kier molecular flexibility index (Phi) is 9.14. The summed E-state index contributed by atoms with van der Waals surface area (Å²) >= 11 is 2.01. The zero-order valence-electron chi connectivity index (χ0n) is 24.7. The van der Waals surface area contributed by atoms with Gasteiger partial charge >= 0.3 is 6.18 Å². The third-order valence-electron chi connectivity index (χ3n) is 9.14. The number of likely N-dealkylation sites (tertiary alicyclic amines) is 1. The SMILES string of the molecule is Cc1c(CN2CCC(Nc3ncnc4c3CCN(CC(F)(F)F)C4)CC2)ccc2c1cc(C#N)n2CCN1CCSCC1. The molecule has 0 bridgehead atoms. The van der Waals surface area contributed by atoms with E-state index in [1.807, 2.05) is 11.8 Å². The van der Waals surface area contributed by atoms with E-state index in [-0.39, 0.29) is 12.6 Å². The van der Waals surface area contributed by atoms with Gasteiger partial charge in [-0.15, -0.1) is 0 Å². The van der Waals surface area contributed by atoms with E-state index in [0.717, 1.165) is 81.2 Å². The number of thioether (sulfide) groups is 1. The van der Waals surface area contributed by atoms with Crippen LogP contribution in [0.2, 0.25) is 0 Å². The Hall–Kier alpha value is -2.85. The zero-order valence-corrected chi connectivity index (χ0v) is 25.5. The number of halogens is 3. The Labute approximate surface area is 255 Å². The molecule has 8 nitrogen and oxygen atoms in total. The second-order valence-corrected chi connectivity index (χ2v) is 13.2. The zero-order chi connectivity index (χ0) is 30.0. The summed E-state index contributed by atoms with van der Waals surface area (Å²) in [7, 11) is 0. The summed E-state index contributed by atoms with van der Waals surface area (Å²) in [6.45, 7) is 8.61. The summed E-state index contributed by atoms with van der Waals surface area (Å²) in [5.41, 5.74) is 6.05. The van der Waals surface area contributed by atoms with E-state index < -0.39 is 12.7 Å². The Morgan fingerprint density at radius 3 is 2.56 bits per heavy atom. The molecule has 230 valence electrons. The molecular formula is C31H39F3N8S. The van der Waals surface area contributed by atoms with Crippen molar-refractivity contribution in [2.45, 2.75) is 58.0 Å². The number of nitriles is 1. The van der Waals surface area contributed by atoms with E-state index in [4.69, 9.17) is 0 Å². The molecule has 3 aliphatic rings. The van der Waals surface area contributed by atoms with Gasteiger partial charge in [-0.2, -0.15) is 30.2 Å². The molecule has 3 aromatic rings. The van der Waals surface area contributed by atoms with Gasteiger partial charge in [-0.3, -0.25) is 14.7 Å². The molecular weight excluding hydrogens is 573 g/mol.